The van der Waals surface area contributed by atoms with Crippen molar-refractivity contribution in [3.05, 3.63) is 35.6 Å². The van der Waals surface area contributed by atoms with Crippen LogP contribution in [0.4, 0.5) is 0 Å². The average Bonchev–Trinajstić information content (AvgIpc) is 3.20. The second kappa shape index (κ2) is 8.57. The van der Waals surface area contributed by atoms with Crippen LogP contribution in [0.5, 0.6) is 0 Å². The summed E-state index contributed by atoms with van der Waals surface area (Å²) < 4.78 is 34.3. The number of benzene rings is 1. The second-order valence-electron chi connectivity index (χ2n) is 8.09. The fraction of sp³-hybridized carbons (Fsp3) is 0.524. The summed E-state index contributed by atoms with van der Waals surface area (Å²) in [7, 11) is -3.11. The van der Waals surface area contributed by atoms with E-state index in [1.165, 1.54) is 6.26 Å². The number of fused-ring (bicyclic) bond motifs is 1. The van der Waals surface area contributed by atoms with Crippen LogP contribution in [0.1, 0.15) is 31.4 Å². The van der Waals surface area contributed by atoms with E-state index in [-0.39, 0.29) is 35.8 Å². The minimum Gasteiger partial charge on any atom is -0.464 e. The van der Waals surface area contributed by atoms with Gasteiger partial charge < -0.3 is 14.1 Å². The quantitative estimate of drug-likeness (QED) is 0.638. The molecule has 0 spiro atoms. The van der Waals surface area contributed by atoms with Crippen molar-refractivity contribution in [2.75, 3.05) is 24.7 Å². The molecule has 1 aliphatic heterocycles. The molecule has 8 heteroatoms. The van der Waals surface area contributed by atoms with E-state index in [0.717, 1.165) is 10.9 Å². The first-order valence-electron chi connectivity index (χ1n) is 9.77. The molecule has 1 aromatic heterocycles. The molecule has 0 bridgehead atoms. The molecule has 3 rings (SSSR count). The van der Waals surface area contributed by atoms with Crippen LogP contribution in [0.15, 0.2) is 28.9 Å². The summed E-state index contributed by atoms with van der Waals surface area (Å²) in [4.78, 5) is 26.5. The number of hydrogen-bond donors (Lipinski definition) is 0. The number of ether oxygens (including phenoxy) is 1. The second-order valence-corrected chi connectivity index (χ2v) is 10.3. The van der Waals surface area contributed by atoms with Gasteiger partial charge in [0.2, 0.25) is 0 Å². The van der Waals surface area contributed by atoms with Crippen molar-refractivity contribution in [3.63, 3.8) is 0 Å². The Hall–Kier alpha value is -2.35. The number of rotatable bonds is 7. The maximum Gasteiger partial charge on any atom is 0.310 e. The maximum atomic E-state index is 12.7. The lowest BCUT2D eigenvalue weighted by Crippen LogP contribution is -2.45. The van der Waals surface area contributed by atoms with Gasteiger partial charge in [-0.05, 0) is 30.9 Å². The van der Waals surface area contributed by atoms with Gasteiger partial charge in [0, 0.05) is 23.5 Å². The molecule has 0 saturated carbocycles. The molecule has 0 aliphatic carbocycles. The molecule has 1 aliphatic rings. The fourth-order valence-corrected chi connectivity index (χ4v) is 5.36. The van der Waals surface area contributed by atoms with Crippen LogP contribution >= 0.6 is 0 Å². The monoisotopic (exact) mass is 421 g/mol. The van der Waals surface area contributed by atoms with Gasteiger partial charge in [0.15, 0.2) is 16.4 Å². The SMILES string of the molecule is Cc1ccc2c(CC(=O)OCC(=O)N(CC(C)C)[C@H]3CCS(=O)(=O)C3)coc2c1. The van der Waals surface area contributed by atoms with Gasteiger partial charge in [-0.1, -0.05) is 26.0 Å². The molecule has 0 N–H and O–H groups in total. The van der Waals surface area contributed by atoms with Crippen molar-refractivity contribution in [1.29, 1.82) is 0 Å². The first-order chi connectivity index (χ1) is 13.6. The van der Waals surface area contributed by atoms with Crippen molar-refractivity contribution in [2.45, 2.75) is 39.7 Å². The number of aryl methyl sites for hydroxylation is 1. The predicted octanol–water partition coefficient (Wildman–Crippen LogP) is 2.50. The number of nitrogens with zero attached hydrogens (tertiary/aromatic N) is 1. The third-order valence-corrected chi connectivity index (χ3v) is 6.78. The molecular formula is C21H27NO6S. The fourth-order valence-electron chi connectivity index (χ4n) is 3.63. The van der Waals surface area contributed by atoms with E-state index >= 15 is 0 Å². The lowest BCUT2D eigenvalue weighted by molar-refractivity contribution is -0.152. The largest absolute Gasteiger partial charge is 0.464 e. The molecule has 1 saturated heterocycles. The summed E-state index contributed by atoms with van der Waals surface area (Å²) in [5.41, 5.74) is 2.47. The Bertz CT molecular complexity index is 1010. The Balaban J connectivity index is 1.60. The molecule has 7 nitrogen and oxygen atoms in total. The average molecular weight is 422 g/mol. The highest BCUT2D eigenvalue weighted by atomic mass is 32.2. The predicted molar refractivity (Wildman–Crippen MR) is 109 cm³/mol. The highest BCUT2D eigenvalue weighted by Gasteiger charge is 2.35. The summed E-state index contributed by atoms with van der Waals surface area (Å²) in [6.45, 7) is 5.92. The van der Waals surface area contributed by atoms with E-state index in [1.54, 1.807) is 4.90 Å². The Morgan fingerprint density at radius 3 is 2.72 bits per heavy atom. The molecule has 29 heavy (non-hydrogen) atoms. The van der Waals surface area contributed by atoms with Crippen molar-refractivity contribution >= 4 is 32.7 Å². The van der Waals surface area contributed by atoms with E-state index in [1.807, 2.05) is 39.0 Å². The Morgan fingerprint density at radius 1 is 1.31 bits per heavy atom. The summed E-state index contributed by atoms with van der Waals surface area (Å²) in [6.07, 6.45) is 1.96. The summed E-state index contributed by atoms with van der Waals surface area (Å²) in [6, 6.07) is 5.38. The van der Waals surface area contributed by atoms with Crippen LogP contribution < -0.4 is 0 Å². The number of amides is 1. The lowest BCUT2D eigenvalue weighted by Gasteiger charge is -2.29. The van der Waals surface area contributed by atoms with Crippen LogP contribution in [0.3, 0.4) is 0 Å². The van der Waals surface area contributed by atoms with Crippen LogP contribution in [0.25, 0.3) is 11.0 Å². The smallest absolute Gasteiger partial charge is 0.310 e. The number of carbonyl (C=O) groups excluding carboxylic acids is 2. The highest BCUT2D eigenvalue weighted by Crippen LogP contribution is 2.23. The van der Waals surface area contributed by atoms with Gasteiger partial charge in [0.25, 0.3) is 5.91 Å². The molecule has 1 fully saturated rings. The van der Waals surface area contributed by atoms with Crippen molar-refractivity contribution < 1.29 is 27.2 Å². The van der Waals surface area contributed by atoms with E-state index in [0.29, 0.717) is 24.1 Å². The van der Waals surface area contributed by atoms with Gasteiger partial charge >= 0.3 is 5.97 Å². The minimum absolute atomic E-state index is 0.00529. The first-order valence-corrected chi connectivity index (χ1v) is 11.6. The Kier molecular flexibility index (Phi) is 6.31. The number of carbonyl (C=O) groups is 2. The third-order valence-electron chi connectivity index (χ3n) is 5.03. The third kappa shape index (κ3) is 5.38. The van der Waals surface area contributed by atoms with E-state index in [4.69, 9.17) is 9.15 Å². The van der Waals surface area contributed by atoms with Crippen LogP contribution in [-0.2, 0) is 30.6 Å². The molecule has 2 aromatic rings. The van der Waals surface area contributed by atoms with Crippen LogP contribution in [-0.4, -0.2) is 55.9 Å². The maximum absolute atomic E-state index is 12.7. The van der Waals surface area contributed by atoms with Crippen molar-refractivity contribution in [1.82, 2.24) is 4.90 Å². The Morgan fingerprint density at radius 2 is 2.07 bits per heavy atom. The zero-order valence-corrected chi connectivity index (χ0v) is 17.8. The molecule has 2 heterocycles. The van der Waals surface area contributed by atoms with Gasteiger partial charge in [-0.15, -0.1) is 0 Å². The van der Waals surface area contributed by atoms with Crippen LogP contribution in [0.2, 0.25) is 0 Å². The number of hydrogen-bond acceptors (Lipinski definition) is 6. The minimum atomic E-state index is -3.11. The van der Waals surface area contributed by atoms with E-state index in [9.17, 15) is 18.0 Å². The van der Waals surface area contributed by atoms with Crippen LogP contribution in [0, 0.1) is 12.8 Å². The van der Waals surface area contributed by atoms with Crippen molar-refractivity contribution in [2.24, 2.45) is 5.92 Å². The topological polar surface area (TPSA) is 93.9 Å². The summed E-state index contributed by atoms with van der Waals surface area (Å²) >= 11 is 0. The molecule has 0 unspecified atom stereocenters. The molecular weight excluding hydrogens is 394 g/mol. The lowest BCUT2D eigenvalue weighted by atomic mass is 10.1. The zero-order valence-electron chi connectivity index (χ0n) is 17.0. The number of furan rings is 1. The highest BCUT2D eigenvalue weighted by molar-refractivity contribution is 7.91. The standard InChI is InChI=1S/C21H27NO6S/c1-14(2)10-22(17-6-7-29(25,26)13-17)20(23)12-28-21(24)9-16-11-27-19-8-15(3)4-5-18(16)19/h4-5,8,11,14,17H,6-7,9-10,12-13H2,1-3H3/t17-/m0/s1. The Labute approximate surface area is 170 Å². The zero-order chi connectivity index (χ0) is 21.2. The summed E-state index contributed by atoms with van der Waals surface area (Å²) in [5.74, 6) is -0.641. The molecule has 158 valence electrons. The van der Waals surface area contributed by atoms with E-state index in [2.05, 4.69) is 0 Å². The molecule has 1 aromatic carbocycles. The van der Waals surface area contributed by atoms with Gasteiger partial charge in [-0.2, -0.15) is 0 Å². The molecule has 1 atom stereocenters. The van der Waals surface area contributed by atoms with Gasteiger partial charge in [0.1, 0.15) is 5.58 Å². The van der Waals surface area contributed by atoms with Gasteiger partial charge in [-0.3, -0.25) is 9.59 Å². The number of esters is 1. The van der Waals surface area contributed by atoms with Crippen molar-refractivity contribution in [3.8, 4) is 0 Å². The van der Waals surface area contributed by atoms with E-state index < -0.39 is 22.4 Å². The molecule has 1 amide bonds. The van der Waals surface area contributed by atoms with Gasteiger partial charge in [0.05, 0.1) is 24.2 Å². The first kappa shape index (κ1) is 21.4. The summed E-state index contributed by atoms with van der Waals surface area (Å²) in [5, 5.41) is 0.844. The number of sulfone groups is 1. The normalized spacial score (nSPS) is 18.3. The van der Waals surface area contributed by atoms with Gasteiger partial charge in [-0.25, -0.2) is 8.42 Å². The molecule has 0 radical (unpaired) electrons.